The SMILES string of the molecule is CCN(CC)C(=O)[C@H]1CC(=O)OC12CCCC2. The highest BCUT2D eigenvalue weighted by Crippen LogP contribution is 2.46. The summed E-state index contributed by atoms with van der Waals surface area (Å²) in [6.45, 7) is 5.35. The van der Waals surface area contributed by atoms with Crippen molar-refractivity contribution < 1.29 is 14.3 Å². The third-order valence-electron chi connectivity index (χ3n) is 4.15. The van der Waals surface area contributed by atoms with Crippen molar-refractivity contribution in [2.45, 2.75) is 51.6 Å². The summed E-state index contributed by atoms with van der Waals surface area (Å²) in [5.74, 6) is -0.336. The zero-order chi connectivity index (χ0) is 12.5. The van der Waals surface area contributed by atoms with Gasteiger partial charge in [-0.15, -0.1) is 0 Å². The molecule has 0 N–H and O–H groups in total. The summed E-state index contributed by atoms with van der Waals surface area (Å²) in [6, 6.07) is 0. The molecule has 1 atom stereocenters. The molecule has 0 aromatic rings. The van der Waals surface area contributed by atoms with Crippen LogP contribution < -0.4 is 0 Å². The second-order valence-corrected chi connectivity index (χ2v) is 5.01. The standard InChI is InChI=1S/C13H21NO3/c1-3-14(4-2)12(16)10-9-11(15)17-13(10)7-5-6-8-13/h10H,3-9H2,1-2H3/t10-/m1/s1. The van der Waals surface area contributed by atoms with Crippen LogP contribution in [0.25, 0.3) is 0 Å². The lowest BCUT2D eigenvalue weighted by molar-refractivity contribution is -0.151. The normalized spacial score (nSPS) is 26.2. The first kappa shape index (κ1) is 12.4. The van der Waals surface area contributed by atoms with E-state index in [1.54, 1.807) is 0 Å². The van der Waals surface area contributed by atoms with Crippen molar-refractivity contribution in [3.8, 4) is 0 Å². The van der Waals surface area contributed by atoms with Gasteiger partial charge in [0.15, 0.2) is 0 Å². The molecule has 1 saturated heterocycles. The summed E-state index contributed by atoms with van der Waals surface area (Å²) in [5, 5.41) is 0. The lowest BCUT2D eigenvalue weighted by Gasteiger charge is -2.31. The number of esters is 1. The number of hydrogen-bond acceptors (Lipinski definition) is 3. The van der Waals surface area contributed by atoms with Crippen molar-refractivity contribution in [2.75, 3.05) is 13.1 Å². The van der Waals surface area contributed by atoms with Gasteiger partial charge in [-0.1, -0.05) is 0 Å². The molecule has 2 rings (SSSR count). The van der Waals surface area contributed by atoms with Gasteiger partial charge in [-0.25, -0.2) is 0 Å². The highest BCUT2D eigenvalue weighted by atomic mass is 16.6. The lowest BCUT2D eigenvalue weighted by Crippen LogP contribution is -2.44. The van der Waals surface area contributed by atoms with Gasteiger partial charge in [0.2, 0.25) is 5.91 Å². The van der Waals surface area contributed by atoms with E-state index in [9.17, 15) is 9.59 Å². The predicted octanol–water partition coefficient (Wildman–Crippen LogP) is 1.73. The second-order valence-electron chi connectivity index (χ2n) is 5.01. The Morgan fingerprint density at radius 1 is 1.35 bits per heavy atom. The number of hydrogen-bond donors (Lipinski definition) is 0. The number of amides is 1. The largest absolute Gasteiger partial charge is 0.458 e. The molecule has 1 aliphatic carbocycles. The molecule has 1 spiro atoms. The molecule has 0 aromatic heterocycles. The van der Waals surface area contributed by atoms with E-state index in [1.807, 2.05) is 18.7 Å². The fraction of sp³-hybridized carbons (Fsp3) is 0.846. The van der Waals surface area contributed by atoms with E-state index in [2.05, 4.69) is 0 Å². The van der Waals surface area contributed by atoms with Crippen LogP contribution in [0.5, 0.6) is 0 Å². The van der Waals surface area contributed by atoms with Gasteiger partial charge in [0.25, 0.3) is 0 Å². The van der Waals surface area contributed by atoms with Crippen LogP contribution in [-0.4, -0.2) is 35.5 Å². The Kier molecular flexibility index (Phi) is 3.40. The smallest absolute Gasteiger partial charge is 0.307 e. The van der Waals surface area contributed by atoms with Crippen LogP contribution in [0.2, 0.25) is 0 Å². The van der Waals surface area contributed by atoms with E-state index >= 15 is 0 Å². The maximum Gasteiger partial charge on any atom is 0.307 e. The average Bonchev–Trinajstić information content (AvgIpc) is 2.89. The molecule has 2 aliphatic rings. The minimum absolute atomic E-state index is 0.0998. The molecule has 1 saturated carbocycles. The monoisotopic (exact) mass is 239 g/mol. The van der Waals surface area contributed by atoms with Crippen molar-refractivity contribution >= 4 is 11.9 Å². The molecule has 96 valence electrons. The van der Waals surface area contributed by atoms with Crippen LogP contribution in [-0.2, 0) is 14.3 Å². The van der Waals surface area contributed by atoms with E-state index in [0.29, 0.717) is 13.1 Å². The Bertz CT molecular complexity index is 317. The van der Waals surface area contributed by atoms with Crippen LogP contribution in [0, 0.1) is 5.92 Å². The van der Waals surface area contributed by atoms with Crippen molar-refractivity contribution in [1.82, 2.24) is 4.90 Å². The van der Waals surface area contributed by atoms with Crippen molar-refractivity contribution in [2.24, 2.45) is 5.92 Å². The van der Waals surface area contributed by atoms with E-state index in [1.165, 1.54) is 0 Å². The molecule has 1 heterocycles. The summed E-state index contributed by atoms with van der Waals surface area (Å²) in [7, 11) is 0. The molecule has 4 nitrogen and oxygen atoms in total. The van der Waals surface area contributed by atoms with Crippen LogP contribution in [0.4, 0.5) is 0 Å². The van der Waals surface area contributed by atoms with Crippen molar-refractivity contribution in [1.29, 1.82) is 0 Å². The Balaban J connectivity index is 2.18. The Hall–Kier alpha value is -1.06. The maximum atomic E-state index is 12.4. The molecule has 1 amide bonds. The first-order valence-corrected chi connectivity index (χ1v) is 6.63. The molecular weight excluding hydrogens is 218 g/mol. The number of ether oxygens (including phenoxy) is 1. The Morgan fingerprint density at radius 3 is 2.47 bits per heavy atom. The zero-order valence-electron chi connectivity index (χ0n) is 10.7. The summed E-state index contributed by atoms with van der Waals surface area (Å²) >= 11 is 0. The third kappa shape index (κ3) is 2.05. The first-order chi connectivity index (χ1) is 8.13. The van der Waals surface area contributed by atoms with Crippen LogP contribution in [0.15, 0.2) is 0 Å². The molecule has 0 unspecified atom stereocenters. The molecule has 17 heavy (non-hydrogen) atoms. The van der Waals surface area contributed by atoms with E-state index < -0.39 is 5.60 Å². The van der Waals surface area contributed by atoms with Crippen LogP contribution in [0.1, 0.15) is 46.0 Å². The summed E-state index contributed by atoms with van der Waals surface area (Å²) in [6.07, 6.45) is 4.12. The molecule has 0 aromatic carbocycles. The molecule has 0 bridgehead atoms. The Labute approximate surface area is 102 Å². The lowest BCUT2D eigenvalue weighted by atomic mass is 9.84. The van der Waals surface area contributed by atoms with Gasteiger partial charge in [-0.2, -0.15) is 0 Å². The van der Waals surface area contributed by atoms with E-state index in [-0.39, 0.29) is 24.2 Å². The van der Waals surface area contributed by atoms with Gasteiger partial charge in [0.05, 0.1) is 12.3 Å². The van der Waals surface area contributed by atoms with Gasteiger partial charge < -0.3 is 9.64 Å². The number of nitrogens with zero attached hydrogens (tertiary/aromatic N) is 1. The van der Waals surface area contributed by atoms with E-state index in [0.717, 1.165) is 25.7 Å². The quantitative estimate of drug-likeness (QED) is 0.705. The predicted molar refractivity (Wildman–Crippen MR) is 63.3 cm³/mol. The second kappa shape index (κ2) is 4.67. The molecule has 2 fully saturated rings. The van der Waals surface area contributed by atoms with Gasteiger partial charge in [-0.3, -0.25) is 9.59 Å². The van der Waals surface area contributed by atoms with Crippen molar-refractivity contribution in [3.05, 3.63) is 0 Å². The Morgan fingerprint density at radius 2 is 1.94 bits per heavy atom. The zero-order valence-corrected chi connectivity index (χ0v) is 10.7. The van der Waals surface area contributed by atoms with Gasteiger partial charge in [0.1, 0.15) is 5.60 Å². The maximum absolute atomic E-state index is 12.4. The highest BCUT2D eigenvalue weighted by Gasteiger charge is 2.54. The van der Waals surface area contributed by atoms with Crippen molar-refractivity contribution in [3.63, 3.8) is 0 Å². The number of rotatable bonds is 3. The summed E-state index contributed by atoms with van der Waals surface area (Å²) in [5.41, 5.74) is -0.462. The molecule has 1 aliphatic heterocycles. The van der Waals surface area contributed by atoms with E-state index in [4.69, 9.17) is 4.74 Å². The minimum Gasteiger partial charge on any atom is -0.458 e. The topological polar surface area (TPSA) is 46.6 Å². The van der Waals surface area contributed by atoms with Gasteiger partial charge >= 0.3 is 5.97 Å². The number of carbonyl (C=O) groups excluding carboxylic acids is 2. The van der Waals surface area contributed by atoms with Crippen LogP contribution >= 0.6 is 0 Å². The molecular formula is C13H21NO3. The fourth-order valence-electron chi connectivity index (χ4n) is 3.18. The molecule has 0 radical (unpaired) electrons. The van der Waals surface area contributed by atoms with Gasteiger partial charge in [0, 0.05) is 13.1 Å². The summed E-state index contributed by atoms with van der Waals surface area (Å²) < 4.78 is 5.50. The molecule has 4 heteroatoms. The average molecular weight is 239 g/mol. The van der Waals surface area contributed by atoms with Crippen LogP contribution in [0.3, 0.4) is 0 Å². The third-order valence-corrected chi connectivity index (χ3v) is 4.15. The van der Waals surface area contributed by atoms with Gasteiger partial charge in [-0.05, 0) is 39.5 Å². The highest BCUT2D eigenvalue weighted by molar-refractivity contribution is 5.88. The first-order valence-electron chi connectivity index (χ1n) is 6.63. The minimum atomic E-state index is -0.462. The summed E-state index contributed by atoms with van der Waals surface area (Å²) in [4.78, 5) is 25.7. The number of carbonyl (C=O) groups is 2. The fourth-order valence-corrected chi connectivity index (χ4v) is 3.18.